The van der Waals surface area contributed by atoms with Crippen molar-refractivity contribution >= 4 is 17.4 Å². The van der Waals surface area contributed by atoms with E-state index >= 15 is 0 Å². The zero-order valence-corrected chi connectivity index (χ0v) is 24.9. The lowest BCUT2D eigenvalue weighted by molar-refractivity contribution is -0.274. The number of hydrogen-bond donors (Lipinski definition) is 1. The van der Waals surface area contributed by atoms with E-state index in [1.807, 2.05) is 87.0 Å². The number of ether oxygens (including phenoxy) is 1. The van der Waals surface area contributed by atoms with E-state index in [9.17, 15) is 18.0 Å². The van der Waals surface area contributed by atoms with Crippen LogP contribution in [0.2, 0.25) is 0 Å². The van der Waals surface area contributed by atoms with E-state index in [1.54, 1.807) is 0 Å². The van der Waals surface area contributed by atoms with Gasteiger partial charge in [-0.2, -0.15) is 4.99 Å². The Morgan fingerprint density at radius 1 is 0.953 bits per heavy atom. The van der Waals surface area contributed by atoms with Gasteiger partial charge in [-0.15, -0.1) is 29.6 Å². The number of carbonyl (C=O) groups excluding carboxylic acids is 1. The Morgan fingerprint density at radius 2 is 1.60 bits per heavy atom. The number of para-hydroxylation sites is 1. The summed E-state index contributed by atoms with van der Waals surface area (Å²) in [4.78, 5) is 22.4. The van der Waals surface area contributed by atoms with E-state index < -0.39 is 17.9 Å². The number of aryl methyl sites for hydroxylation is 3. The molecule has 2 aromatic heterocycles. The molecule has 5 aromatic rings. The lowest BCUT2D eigenvalue weighted by Crippen LogP contribution is -2.40. The summed E-state index contributed by atoms with van der Waals surface area (Å²) in [7, 11) is 0. The van der Waals surface area contributed by atoms with Crippen molar-refractivity contribution in [3.05, 3.63) is 106 Å². The molecule has 222 valence electrons. The average Bonchev–Trinajstić information content (AvgIpc) is 3.56. The number of hydrogen-bond acceptors (Lipinski definition) is 5. The Morgan fingerprint density at radius 3 is 2.23 bits per heavy atom. The van der Waals surface area contributed by atoms with Gasteiger partial charge >= 0.3 is 12.4 Å². The molecule has 0 atom stereocenters. The van der Waals surface area contributed by atoms with E-state index in [0.29, 0.717) is 16.3 Å². The van der Waals surface area contributed by atoms with Crippen LogP contribution in [0.25, 0.3) is 22.8 Å². The van der Waals surface area contributed by atoms with Gasteiger partial charge in [0.25, 0.3) is 0 Å². The summed E-state index contributed by atoms with van der Waals surface area (Å²) in [5.41, 5.74) is 5.57. The molecule has 0 fully saturated rings. The summed E-state index contributed by atoms with van der Waals surface area (Å²) < 4.78 is 44.7. The largest absolute Gasteiger partial charge is 0.573 e. The predicted octanol–water partition coefficient (Wildman–Crippen LogP) is 7.16. The quantitative estimate of drug-likeness (QED) is 0.222. The molecule has 5 rings (SSSR count). The average molecular weight is 607 g/mol. The van der Waals surface area contributed by atoms with Crippen LogP contribution in [0, 0.1) is 20.8 Å². The molecular weight excluding hydrogens is 577 g/mol. The molecule has 0 bridgehead atoms. The van der Waals surface area contributed by atoms with Gasteiger partial charge in [0, 0.05) is 16.6 Å². The maximum absolute atomic E-state index is 13.1. The third-order valence-corrected chi connectivity index (χ3v) is 7.79. The Balaban J connectivity index is 1.31. The number of halogens is 3. The molecule has 43 heavy (non-hydrogen) atoms. The number of alkyl halides is 3. The number of urea groups is 1. The molecule has 0 aliphatic rings. The smallest absolute Gasteiger partial charge is 0.406 e. The van der Waals surface area contributed by atoms with Crippen LogP contribution >= 0.6 is 11.3 Å². The van der Waals surface area contributed by atoms with Gasteiger partial charge in [0.05, 0.1) is 16.9 Å². The Kier molecular flexibility index (Phi) is 7.98. The van der Waals surface area contributed by atoms with Crippen LogP contribution in [0.4, 0.5) is 18.0 Å². The standard InChI is InChI=1S/C31H29F3N6O2S/c1-19-7-6-8-20(2)26(19)40-21(3)17-43-29(40)36-28(41)37-30(4,5)23-11-9-22(10-12-23)27-35-18-39(38-27)24-13-15-25(16-14-24)42-31(32,33)34/h6-18H,1-5H3,(H,37,41)/b36-29-. The van der Waals surface area contributed by atoms with Gasteiger partial charge in [-0.1, -0.05) is 42.5 Å². The molecule has 0 saturated heterocycles. The molecule has 2 amide bonds. The third-order valence-electron chi connectivity index (χ3n) is 6.85. The van der Waals surface area contributed by atoms with Crippen LogP contribution in [0.3, 0.4) is 0 Å². The fourth-order valence-corrected chi connectivity index (χ4v) is 5.57. The topological polar surface area (TPSA) is 86.3 Å². The van der Waals surface area contributed by atoms with Crippen LogP contribution in [0.1, 0.15) is 36.2 Å². The van der Waals surface area contributed by atoms with Gasteiger partial charge in [0.2, 0.25) is 0 Å². The van der Waals surface area contributed by atoms with Crippen molar-refractivity contribution in [2.75, 3.05) is 0 Å². The molecule has 8 nitrogen and oxygen atoms in total. The first-order chi connectivity index (χ1) is 20.3. The molecule has 0 aliphatic heterocycles. The van der Waals surface area contributed by atoms with Gasteiger partial charge in [0.15, 0.2) is 10.6 Å². The maximum atomic E-state index is 13.1. The number of nitrogens with zero attached hydrogens (tertiary/aromatic N) is 5. The summed E-state index contributed by atoms with van der Waals surface area (Å²) in [6, 6.07) is 18.4. The van der Waals surface area contributed by atoms with Gasteiger partial charge in [-0.05, 0) is 75.6 Å². The summed E-state index contributed by atoms with van der Waals surface area (Å²) in [6.45, 7) is 9.86. The Bertz CT molecular complexity index is 1810. The second kappa shape index (κ2) is 11.5. The molecule has 0 unspecified atom stereocenters. The lowest BCUT2D eigenvalue weighted by Gasteiger charge is -2.25. The second-order valence-electron chi connectivity index (χ2n) is 10.5. The van der Waals surface area contributed by atoms with Crippen LogP contribution in [-0.4, -0.2) is 31.7 Å². The normalized spacial score (nSPS) is 12.4. The second-order valence-corrected chi connectivity index (χ2v) is 11.4. The van der Waals surface area contributed by atoms with Crippen LogP contribution in [0.15, 0.2) is 83.4 Å². The molecule has 0 spiro atoms. The molecule has 1 N–H and O–H groups in total. The number of aromatic nitrogens is 4. The van der Waals surface area contributed by atoms with Crippen molar-refractivity contribution in [3.63, 3.8) is 0 Å². The SMILES string of the molecule is Cc1cccc(C)c1-n1c(C)cs/c1=N\C(=O)NC(C)(C)c1ccc(-c2ncn(-c3ccc(OC(F)(F)F)cc3)n2)cc1. The van der Waals surface area contributed by atoms with Crippen molar-refractivity contribution in [3.8, 4) is 28.5 Å². The number of carbonyl (C=O) groups is 1. The Hall–Kier alpha value is -4.71. The van der Waals surface area contributed by atoms with Gasteiger partial charge in [-0.3, -0.25) is 4.57 Å². The highest BCUT2D eigenvalue weighted by Crippen LogP contribution is 2.26. The Labute approximate surface area is 250 Å². The summed E-state index contributed by atoms with van der Waals surface area (Å²) in [5.74, 6) is 0.115. The van der Waals surface area contributed by atoms with Crippen LogP contribution in [-0.2, 0) is 5.54 Å². The highest BCUT2D eigenvalue weighted by molar-refractivity contribution is 7.07. The third kappa shape index (κ3) is 6.69. The van der Waals surface area contributed by atoms with E-state index in [2.05, 4.69) is 25.1 Å². The number of thiazole rings is 1. The van der Waals surface area contributed by atoms with Crippen molar-refractivity contribution in [1.82, 2.24) is 24.6 Å². The number of nitrogens with one attached hydrogen (secondary N) is 1. The lowest BCUT2D eigenvalue weighted by atomic mass is 9.93. The molecule has 0 aliphatic carbocycles. The number of amides is 2. The van der Waals surface area contributed by atoms with Crippen molar-refractivity contribution in [2.24, 2.45) is 4.99 Å². The zero-order valence-electron chi connectivity index (χ0n) is 24.1. The fraction of sp³-hybridized carbons (Fsp3) is 0.226. The minimum Gasteiger partial charge on any atom is -0.406 e. The molecule has 2 heterocycles. The molecule has 3 aromatic carbocycles. The number of rotatable bonds is 6. The highest BCUT2D eigenvalue weighted by Gasteiger charge is 2.31. The van der Waals surface area contributed by atoms with Gasteiger partial charge < -0.3 is 10.1 Å². The minimum atomic E-state index is -4.76. The fourth-order valence-electron chi connectivity index (χ4n) is 4.71. The minimum absolute atomic E-state index is 0.319. The first-order valence-corrected chi connectivity index (χ1v) is 14.2. The summed E-state index contributed by atoms with van der Waals surface area (Å²) in [5, 5.41) is 9.44. The van der Waals surface area contributed by atoms with E-state index in [-0.39, 0.29) is 5.75 Å². The van der Waals surface area contributed by atoms with Crippen LogP contribution < -0.4 is 14.9 Å². The first-order valence-electron chi connectivity index (χ1n) is 13.3. The van der Waals surface area contributed by atoms with Gasteiger partial charge in [-0.25, -0.2) is 14.5 Å². The monoisotopic (exact) mass is 606 g/mol. The maximum Gasteiger partial charge on any atom is 0.573 e. The van der Waals surface area contributed by atoms with Crippen LogP contribution in [0.5, 0.6) is 5.75 Å². The molecule has 0 radical (unpaired) electrons. The van der Waals surface area contributed by atoms with Crippen molar-refractivity contribution in [2.45, 2.75) is 46.5 Å². The highest BCUT2D eigenvalue weighted by atomic mass is 32.1. The van der Waals surface area contributed by atoms with E-state index in [4.69, 9.17) is 0 Å². The number of benzene rings is 3. The van der Waals surface area contributed by atoms with E-state index in [0.717, 1.165) is 33.6 Å². The summed E-state index contributed by atoms with van der Waals surface area (Å²) in [6.07, 6.45) is -3.28. The van der Waals surface area contributed by atoms with Gasteiger partial charge in [0.1, 0.15) is 12.1 Å². The molecular formula is C31H29F3N6O2S. The molecule has 0 saturated carbocycles. The first kappa shape index (κ1) is 29.8. The van der Waals surface area contributed by atoms with Crippen molar-refractivity contribution in [1.29, 1.82) is 0 Å². The summed E-state index contributed by atoms with van der Waals surface area (Å²) >= 11 is 1.41. The predicted molar refractivity (Wildman–Crippen MR) is 158 cm³/mol. The van der Waals surface area contributed by atoms with E-state index in [1.165, 1.54) is 46.6 Å². The zero-order chi connectivity index (χ0) is 30.9. The molecule has 12 heteroatoms. The van der Waals surface area contributed by atoms with Crippen molar-refractivity contribution < 1.29 is 22.7 Å².